The number of aromatic nitrogens is 1. The third-order valence-electron chi connectivity index (χ3n) is 3.99. The van der Waals surface area contributed by atoms with Crippen LogP contribution in [0.4, 0.5) is 4.39 Å². The van der Waals surface area contributed by atoms with Crippen molar-refractivity contribution in [1.29, 1.82) is 0 Å². The van der Waals surface area contributed by atoms with Gasteiger partial charge in [-0.2, -0.15) is 0 Å². The number of hydrogen-bond donors (Lipinski definition) is 2. The quantitative estimate of drug-likeness (QED) is 0.818. The van der Waals surface area contributed by atoms with Crippen molar-refractivity contribution in [3.8, 4) is 0 Å². The van der Waals surface area contributed by atoms with Crippen LogP contribution in [-0.2, 0) is 0 Å². The normalized spacial score (nSPS) is 18.3. The first-order valence-corrected chi connectivity index (χ1v) is 6.20. The summed E-state index contributed by atoms with van der Waals surface area (Å²) in [5.74, 6) is 0.370. The van der Waals surface area contributed by atoms with Gasteiger partial charge in [-0.3, -0.25) is 0 Å². The van der Waals surface area contributed by atoms with E-state index in [1.807, 2.05) is 6.92 Å². The Morgan fingerprint density at radius 3 is 2.82 bits per heavy atom. The van der Waals surface area contributed by atoms with Gasteiger partial charge in [-0.1, -0.05) is 6.42 Å². The van der Waals surface area contributed by atoms with Gasteiger partial charge in [0.15, 0.2) is 0 Å². The van der Waals surface area contributed by atoms with Crippen molar-refractivity contribution < 1.29 is 4.39 Å². The number of hydrogen-bond acceptors (Lipinski definition) is 1. The number of fused-ring (bicyclic) bond motifs is 1. The first-order chi connectivity index (χ1) is 8.16. The second-order valence-electron chi connectivity index (χ2n) is 5.07. The second kappa shape index (κ2) is 3.84. The maximum Gasteiger partial charge on any atom is 0.123 e. The minimum absolute atomic E-state index is 0.0410. The average molecular weight is 232 g/mol. The van der Waals surface area contributed by atoms with E-state index < -0.39 is 0 Å². The topological polar surface area (TPSA) is 41.8 Å². The first kappa shape index (κ1) is 10.8. The monoisotopic (exact) mass is 232 g/mol. The molecule has 0 aliphatic heterocycles. The lowest BCUT2D eigenvalue weighted by molar-refractivity contribution is 0.265. The molecule has 1 heterocycles. The molecule has 1 aromatic carbocycles. The highest BCUT2D eigenvalue weighted by Crippen LogP contribution is 2.39. The number of nitrogens with one attached hydrogen (secondary N) is 1. The number of aromatic amines is 1. The van der Waals surface area contributed by atoms with Crippen molar-refractivity contribution in [3.05, 3.63) is 35.3 Å². The molecule has 1 fully saturated rings. The van der Waals surface area contributed by atoms with Crippen LogP contribution in [0.25, 0.3) is 10.9 Å². The Kier molecular flexibility index (Phi) is 2.44. The van der Waals surface area contributed by atoms with Crippen LogP contribution in [0.1, 0.15) is 36.6 Å². The summed E-state index contributed by atoms with van der Waals surface area (Å²) in [5.41, 5.74) is 9.47. The fraction of sp³-hybridized carbons (Fsp3) is 0.429. The summed E-state index contributed by atoms with van der Waals surface area (Å²) in [7, 11) is 0. The largest absolute Gasteiger partial charge is 0.358 e. The number of nitrogens with two attached hydrogens (primary N) is 1. The van der Waals surface area contributed by atoms with Gasteiger partial charge in [-0.25, -0.2) is 4.39 Å². The zero-order valence-corrected chi connectivity index (χ0v) is 9.96. The molecule has 1 aliphatic carbocycles. The van der Waals surface area contributed by atoms with Crippen LogP contribution in [0.5, 0.6) is 0 Å². The van der Waals surface area contributed by atoms with Crippen LogP contribution in [-0.4, -0.2) is 4.98 Å². The van der Waals surface area contributed by atoms with E-state index in [0.717, 1.165) is 22.2 Å². The molecule has 0 bridgehead atoms. The highest BCUT2D eigenvalue weighted by Gasteiger charge is 2.28. The molecule has 1 aromatic heterocycles. The maximum atomic E-state index is 13.3. The third-order valence-corrected chi connectivity index (χ3v) is 3.99. The van der Waals surface area contributed by atoms with Crippen molar-refractivity contribution >= 4 is 10.9 Å². The molecule has 3 N–H and O–H groups in total. The molecule has 2 aromatic rings. The molecule has 90 valence electrons. The Morgan fingerprint density at radius 2 is 2.18 bits per heavy atom. The Bertz CT molecular complexity index is 555. The summed E-state index contributed by atoms with van der Waals surface area (Å²) in [6.45, 7) is 2.02. The van der Waals surface area contributed by atoms with E-state index in [0.29, 0.717) is 5.92 Å². The lowest BCUT2D eigenvalue weighted by atomic mass is 9.77. The number of benzene rings is 1. The Morgan fingerprint density at radius 1 is 1.41 bits per heavy atom. The van der Waals surface area contributed by atoms with Crippen LogP contribution >= 0.6 is 0 Å². The molecular formula is C14H17FN2. The molecule has 0 radical (unpaired) electrons. The van der Waals surface area contributed by atoms with Crippen molar-refractivity contribution in [3.63, 3.8) is 0 Å². The van der Waals surface area contributed by atoms with Gasteiger partial charge >= 0.3 is 0 Å². The van der Waals surface area contributed by atoms with E-state index >= 15 is 0 Å². The highest BCUT2D eigenvalue weighted by molar-refractivity contribution is 5.85. The Labute approximate surface area is 100 Å². The van der Waals surface area contributed by atoms with E-state index in [9.17, 15) is 4.39 Å². The number of H-pyrrole nitrogens is 1. The second-order valence-corrected chi connectivity index (χ2v) is 5.07. The van der Waals surface area contributed by atoms with Crippen molar-refractivity contribution in [2.75, 3.05) is 0 Å². The summed E-state index contributed by atoms with van der Waals surface area (Å²) >= 11 is 0. The lowest BCUT2D eigenvalue weighted by Crippen LogP contribution is -2.27. The molecule has 1 unspecified atom stereocenters. The zero-order chi connectivity index (χ0) is 12.0. The van der Waals surface area contributed by atoms with Crippen LogP contribution in [0.3, 0.4) is 0 Å². The van der Waals surface area contributed by atoms with Crippen LogP contribution in [0.15, 0.2) is 18.2 Å². The zero-order valence-electron chi connectivity index (χ0n) is 9.96. The summed E-state index contributed by atoms with van der Waals surface area (Å²) in [6, 6.07) is 4.90. The maximum absolute atomic E-state index is 13.3. The van der Waals surface area contributed by atoms with E-state index in [2.05, 4.69) is 4.98 Å². The predicted octanol–water partition coefficient (Wildman–Crippen LogP) is 3.42. The molecule has 0 saturated heterocycles. The van der Waals surface area contributed by atoms with Gasteiger partial charge < -0.3 is 10.7 Å². The van der Waals surface area contributed by atoms with Crippen LogP contribution in [0, 0.1) is 18.7 Å². The molecule has 3 rings (SSSR count). The third kappa shape index (κ3) is 1.65. The minimum atomic E-state index is -0.196. The summed E-state index contributed by atoms with van der Waals surface area (Å²) in [6.07, 6.45) is 3.67. The van der Waals surface area contributed by atoms with E-state index in [1.165, 1.54) is 25.3 Å². The van der Waals surface area contributed by atoms with Gasteiger partial charge in [-0.15, -0.1) is 0 Å². The summed E-state index contributed by atoms with van der Waals surface area (Å²) < 4.78 is 13.3. The first-order valence-electron chi connectivity index (χ1n) is 6.20. The van der Waals surface area contributed by atoms with Gasteiger partial charge in [0.25, 0.3) is 0 Å². The van der Waals surface area contributed by atoms with E-state index in [4.69, 9.17) is 5.73 Å². The van der Waals surface area contributed by atoms with Crippen LogP contribution < -0.4 is 5.73 Å². The lowest BCUT2D eigenvalue weighted by Gasteiger charge is -2.31. The summed E-state index contributed by atoms with van der Waals surface area (Å²) in [4.78, 5) is 3.29. The fourth-order valence-corrected chi connectivity index (χ4v) is 2.78. The van der Waals surface area contributed by atoms with Crippen molar-refractivity contribution in [2.24, 2.45) is 11.7 Å². The van der Waals surface area contributed by atoms with Crippen molar-refractivity contribution in [1.82, 2.24) is 4.98 Å². The molecule has 0 amide bonds. The van der Waals surface area contributed by atoms with Gasteiger partial charge in [0.2, 0.25) is 0 Å². The number of halogens is 1. The standard InChI is InChI=1S/C14H17FN2/c1-8-13(14(16)9-3-2-4-9)11-7-10(15)5-6-12(11)17-8/h5-7,9,14,17H,2-4,16H2,1H3. The van der Waals surface area contributed by atoms with Crippen molar-refractivity contribution in [2.45, 2.75) is 32.2 Å². The molecule has 1 atom stereocenters. The summed E-state index contributed by atoms with van der Waals surface area (Å²) in [5, 5.41) is 0.946. The minimum Gasteiger partial charge on any atom is -0.358 e. The number of aryl methyl sites for hydroxylation is 1. The van der Waals surface area contributed by atoms with Crippen LogP contribution in [0.2, 0.25) is 0 Å². The van der Waals surface area contributed by atoms with Gasteiger partial charge in [0, 0.05) is 22.6 Å². The highest BCUT2D eigenvalue weighted by atomic mass is 19.1. The van der Waals surface area contributed by atoms with Gasteiger partial charge in [0.05, 0.1) is 0 Å². The van der Waals surface area contributed by atoms with Gasteiger partial charge in [-0.05, 0) is 49.4 Å². The SMILES string of the molecule is Cc1[nH]c2ccc(F)cc2c1C(N)C1CCC1. The molecule has 1 saturated carbocycles. The Hall–Kier alpha value is -1.35. The smallest absolute Gasteiger partial charge is 0.123 e. The molecule has 1 aliphatic rings. The van der Waals surface area contributed by atoms with E-state index in [1.54, 1.807) is 12.1 Å². The molecule has 2 nitrogen and oxygen atoms in total. The fourth-order valence-electron chi connectivity index (χ4n) is 2.78. The molecule has 0 spiro atoms. The Balaban J connectivity index is 2.13. The van der Waals surface area contributed by atoms with Gasteiger partial charge in [0.1, 0.15) is 5.82 Å². The molecule has 3 heteroatoms. The predicted molar refractivity (Wildman–Crippen MR) is 67.3 cm³/mol. The molecule has 17 heavy (non-hydrogen) atoms. The average Bonchev–Trinajstić information content (AvgIpc) is 2.50. The van der Waals surface area contributed by atoms with E-state index in [-0.39, 0.29) is 11.9 Å². The number of rotatable bonds is 2. The molecular weight excluding hydrogens is 215 g/mol.